The highest BCUT2D eigenvalue weighted by molar-refractivity contribution is 5.94. The SMILES string of the molecule is CONC(=O)[C@@](C)(N)Cc1ccc(C(C)=O)cc1. The molecule has 0 aromatic heterocycles. The van der Waals surface area contributed by atoms with Crippen LogP contribution in [0.25, 0.3) is 0 Å². The molecular weight excluding hydrogens is 232 g/mol. The third-order valence-corrected chi connectivity index (χ3v) is 2.65. The van der Waals surface area contributed by atoms with Gasteiger partial charge in [0.2, 0.25) is 0 Å². The number of nitrogens with one attached hydrogen (secondary N) is 1. The lowest BCUT2D eigenvalue weighted by molar-refractivity contribution is -0.136. The van der Waals surface area contributed by atoms with E-state index in [0.29, 0.717) is 12.0 Å². The summed E-state index contributed by atoms with van der Waals surface area (Å²) in [6.45, 7) is 3.13. The zero-order valence-corrected chi connectivity index (χ0v) is 10.8. The van der Waals surface area contributed by atoms with Gasteiger partial charge in [-0.05, 0) is 25.8 Å². The van der Waals surface area contributed by atoms with Crippen LogP contribution in [0.5, 0.6) is 0 Å². The predicted octanol–water partition coefficient (Wildman–Crippen LogP) is 0.827. The Morgan fingerprint density at radius 3 is 2.33 bits per heavy atom. The highest BCUT2D eigenvalue weighted by Gasteiger charge is 2.28. The highest BCUT2D eigenvalue weighted by Crippen LogP contribution is 2.12. The third-order valence-electron chi connectivity index (χ3n) is 2.65. The molecule has 0 heterocycles. The van der Waals surface area contributed by atoms with Gasteiger partial charge in [-0.2, -0.15) is 0 Å². The molecular formula is C13H18N2O3. The van der Waals surface area contributed by atoms with Crippen molar-refractivity contribution in [2.45, 2.75) is 25.8 Å². The number of hydrogen-bond acceptors (Lipinski definition) is 4. The van der Waals surface area contributed by atoms with E-state index < -0.39 is 5.54 Å². The van der Waals surface area contributed by atoms with E-state index in [0.717, 1.165) is 5.56 Å². The van der Waals surface area contributed by atoms with Gasteiger partial charge in [-0.1, -0.05) is 24.3 Å². The minimum atomic E-state index is -1.06. The van der Waals surface area contributed by atoms with Gasteiger partial charge in [0.1, 0.15) is 0 Å². The Labute approximate surface area is 106 Å². The largest absolute Gasteiger partial charge is 0.317 e. The molecule has 0 unspecified atom stereocenters. The lowest BCUT2D eigenvalue weighted by Gasteiger charge is -2.22. The second kappa shape index (κ2) is 5.75. The van der Waals surface area contributed by atoms with Gasteiger partial charge in [0.25, 0.3) is 5.91 Å². The number of rotatable bonds is 5. The first-order chi connectivity index (χ1) is 8.36. The molecule has 1 aromatic carbocycles. The summed E-state index contributed by atoms with van der Waals surface area (Å²) in [4.78, 5) is 27.3. The second-order valence-corrected chi connectivity index (χ2v) is 4.48. The van der Waals surface area contributed by atoms with Crippen molar-refractivity contribution in [2.75, 3.05) is 7.11 Å². The van der Waals surface area contributed by atoms with Crippen LogP contribution < -0.4 is 11.2 Å². The summed E-state index contributed by atoms with van der Waals surface area (Å²) in [6, 6.07) is 7.04. The van der Waals surface area contributed by atoms with Crippen molar-refractivity contribution in [1.29, 1.82) is 0 Å². The lowest BCUT2D eigenvalue weighted by atomic mass is 9.92. The summed E-state index contributed by atoms with van der Waals surface area (Å²) in [5.74, 6) is -0.380. The smallest absolute Gasteiger partial charge is 0.263 e. The molecule has 5 nitrogen and oxygen atoms in total. The summed E-state index contributed by atoms with van der Waals surface area (Å²) in [5, 5.41) is 0. The molecule has 1 aromatic rings. The van der Waals surface area contributed by atoms with Gasteiger partial charge >= 0.3 is 0 Å². The van der Waals surface area contributed by atoms with Gasteiger partial charge in [-0.3, -0.25) is 14.4 Å². The molecule has 0 radical (unpaired) electrons. The van der Waals surface area contributed by atoms with Crippen molar-refractivity contribution in [1.82, 2.24) is 5.48 Å². The van der Waals surface area contributed by atoms with Crippen LogP contribution in [0.2, 0.25) is 0 Å². The highest BCUT2D eigenvalue weighted by atomic mass is 16.6. The Bertz CT molecular complexity index is 438. The molecule has 0 fully saturated rings. The fourth-order valence-corrected chi connectivity index (χ4v) is 1.57. The molecule has 1 amide bonds. The molecule has 0 aliphatic heterocycles. The number of benzene rings is 1. The van der Waals surface area contributed by atoms with Gasteiger partial charge in [-0.15, -0.1) is 0 Å². The van der Waals surface area contributed by atoms with Crippen molar-refractivity contribution in [3.05, 3.63) is 35.4 Å². The lowest BCUT2D eigenvalue weighted by Crippen LogP contribution is -2.52. The van der Waals surface area contributed by atoms with E-state index in [1.54, 1.807) is 31.2 Å². The van der Waals surface area contributed by atoms with Crippen LogP contribution in [0.1, 0.15) is 29.8 Å². The van der Waals surface area contributed by atoms with Crippen LogP contribution in [0.4, 0.5) is 0 Å². The maximum absolute atomic E-state index is 11.6. The molecule has 0 spiro atoms. The van der Waals surface area contributed by atoms with E-state index in [1.165, 1.54) is 14.0 Å². The maximum Gasteiger partial charge on any atom is 0.263 e. The molecule has 0 saturated heterocycles. The minimum absolute atomic E-state index is 0.00851. The summed E-state index contributed by atoms with van der Waals surface area (Å²) in [5.41, 5.74) is 8.60. The predicted molar refractivity (Wildman–Crippen MR) is 67.9 cm³/mol. The minimum Gasteiger partial charge on any atom is -0.317 e. The summed E-state index contributed by atoms with van der Waals surface area (Å²) < 4.78 is 0. The Morgan fingerprint density at radius 2 is 1.89 bits per heavy atom. The first-order valence-corrected chi connectivity index (χ1v) is 5.59. The average molecular weight is 250 g/mol. The van der Waals surface area contributed by atoms with Crippen LogP contribution in [0.3, 0.4) is 0 Å². The molecule has 5 heteroatoms. The summed E-state index contributed by atoms with van der Waals surface area (Å²) in [7, 11) is 1.36. The number of amides is 1. The van der Waals surface area contributed by atoms with E-state index in [-0.39, 0.29) is 11.7 Å². The Balaban J connectivity index is 2.78. The number of carbonyl (C=O) groups is 2. The monoisotopic (exact) mass is 250 g/mol. The fraction of sp³-hybridized carbons (Fsp3) is 0.385. The quantitative estimate of drug-likeness (QED) is 0.599. The second-order valence-electron chi connectivity index (χ2n) is 4.48. The van der Waals surface area contributed by atoms with Crippen molar-refractivity contribution < 1.29 is 14.4 Å². The van der Waals surface area contributed by atoms with Crippen molar-refractivity contribution >= 4 is 11.7 Å². The number of carbonyl (C=O) groups excluding carboxylic acids is 2. The standard InChI is InChI=1S/C13H18N2O3/c1-9(16)11-6-4-10(5-7-11)8-13(2,14)12(17)15-18-3/h4-7H,8,14H2,1-3H3,(H,15,17)/t13-/m0/s1. The molecule has 0 aliphatic rings. The molecule has 0 aliphatic carbocycles. The Hall–Kier alpha value is -1.72. The fourth-order valence-electron chi connectivity index (χ4n) is 1.57. The normalized spacial score (nSPS) is 13.8. The topological polar surface area (TPSA) is 81.4 Å². The van der Waals surface area contributed by atoms with Crippen LogP contribution in [0, 0.1) is 0 Å². The first kappa shape index (κ1) is 14.3. The molecule has 98 valence electrons. The van der Waals surface area contributed by atoms with Crippen LogP contribution in [-0.2, 0) is 16.1 Å². The summed E-state index contributed by atoms with van der Waals surface area (Å²) >= 11 is 0. The average Bonchev–Trinajstić information content (AvgIpc) is 2.29. The van der Waals surface area contributed by atoms with Crippen LogP contribution >= 0.6 is 0 Å². The van der Waals surface area contributed by atoms with E-state index in [2.05, 4.69) is 10.3 Å². The van der Waals surface area contributed by atoms with E-state index >= 15 is 0 Å². The van der Waals surface area contributed by atoms with Gasteiger partial charge in [0.15, 0.2) is 5.78 Å². The van der Waals surface area contributed by atoms with E-state index in [9.17, 15) is 9.59 Å². The van der Waals surface area contributed by atoms with Gasteiger partial charge in [0.05, 0.1) is 12.6 Å². The number of Topliss-reactive ketones (excluding diaryl/α,β-unsaturated/α-hetero) is 1. The number of hydroxylamine groups is 1. The van der Waals surface area contributed by atoms with Crippen LogP contribution in [0.15, 0.2) is 24.3 Å². The first-order valence-electron chi connectivity index (χ1n) is 5.59. The van der Waals surface area contributed by atoms with Crippen molar-refractivity contribution in [3.8, 4) is 0 Å². The van der Waals surface area contributed by atoms with Gasteiger partial charge in [-0.25, -0.2) is 5.48 Å². The van der Waals surface area contributed by atoms with Gasteiger partial charge in [0, 0.05) is 5.56 Å². The molecule has 0 bridgehead atoms. The van der Waals surface area contributed by atoms with Crippen molar-refractivity contribution in [2.24, 2.45) is 5.73 Å². The van der Waals surface area contributed by atoms with Crippen LogP contribution in [-0.4, -0.2) is 24.3 Å². The third kappa shape index (κ3) is 3.65. The zero-order valence-electron chi connectivity index (χ0n) is 10.8. The molecule has 3 N–H and O–H groups in total. The van der Waals surface area contributed by atoms with E-state index in [4.69, 9.17) is 5.73 Å². The van der Waals surface area contributed by atoms with Crippen molar-refractivity contribution in [3.63, 3.8) is 0 Å². The number of nitrogens with two attached hydrogens (primary N) is 1. The summed E-state index contributed by atoms with van der Waals surface area (Å²) in [6.07, 6.45) is 0.361. The van der Waals surface area contributed by atoms with E-state index in [1.807, 2.05) is 0 Å². The Kier molecular flexibility index (Phi) is 4.58. The molecule has 0 saturated carbocycles. The zero-order chi connectivity index (χ0) is 13.8. The number of ketones is 1. The van der Waals surface area contributed by atoms with Gasteiger partial charge < -0.3 is 5.73 Å². The molecule has 1 atom stereocenters. The molecule has 1 rings (SSSR count). The Morgan fingerprint density at radius 1 is 1.33 bits per heavy atom. The molecule has 18 heavy (non-hydrogen) atoms. The number of hydrogen-bond donors (Lipinski definition) is 2. The maximum atomic E-state index is 11.6.